The van der Waals surface area contributed by atoms with E-state index in [-0.39, 0.29) is 0 Å². The summed E-state index contributed by atoms with van der Waals surface area (Å²) in [5.41, 5.74) is 8.91. The van der Waals surface area contributed by atoms with Crippen molar-refractivity contribution in [2.24, 2.45) is 0 Å². The Morgan fingerprint density at radius 2 is 0.795 bits per heavy atom. The number of fused-ring (bicyclic) bond motifs is 9. The van der Waals surface area contributed by atoms with Crippen molar-refractivity contribution in [1.82, 2.24) is 9.13 Å². The van der Waals surface area contributed by atoms with Gasteiger partial charge in [0.25, 0.3) is 0 Å². The van der Waals surface area contributed by atoms with Crippen LogP contribution in [0.3, 0.4) is 0 Å². The summed E-state index contributed by atoms with van der Waals surface area (Å²) in [6.45, 7) is 0. The van der Waals surface area contributed by atoms with E-state index in [2.05, 4.69) is 130 Å². The van der Waals surface area contributed by atoms with E-state index >= 15 is 0 Å². The van der Waals surface area contributed by atoms with E-state index in [1.165, 1.54) is 43.6 Å². The highest BCUT2D eigenvalue weighted by atomic mass is 16.3. The van der Waals surface area contributed by atoms with Crippen LogP contribution in [0.2, 0.25) is 0 Å². The molecule has 3 nitrogen and oxygen atoms in total. The average molecular weight is 499 g/mol. The van der Waals surface area contributed by atoms with Gasteiger partial charge in [-0.15, -0.1) is 0 Å². The van der Waals surface area contributed by atoms with E-state index in [1.807, 2.05) is 12.1 Å². The molecule has 3 aromatic heterocycles. The van der Waals surface area contributed by atoms with Crippen molar-refractivity contribution in [2.45, 2.75) is 0 Å². The van der Waals surface area contributed by atoms with Gasteiger partial charge in [0.15, 0.2) is 0 Å². The molecular formula is C36H22N2O. The molecule has 9 rings (SSSR count). The van der Waals surface area contributed by atoms with Crippen molar-refractivity contribution >= 4 is 65.6 Å². The van der Waals surface area contributed by atoms with E-state index in [0.717, 1.165) is 33.3 Å². The van der Waals surface area contributed by atoms with Crippen LogP contribution in [0.4, 0.5) is 0 Å². The van der Waals surface area contributed by atoms with Gasteiger partial charge in [0.05, 0.1) is 22.1 Å². The van der Waals surface area contributed by atoms with Crippen LogP contribution in [0.5, 0.6) is 0 Å². The average Bonchev–Trinajstić information content (AvgIpc) is 3.64. The Morgan fingerprint density at radius 3 is 1.46 bits per heavy atom. The molecule has 6 aromatic carbocycles. The summed E-state index contributed by atoms with van der Waals surface area (Å²) in [4.78, 5) is 0. The summed E-state index contributed by atoms with van der Waals surface area (Å²) in [7, 11) is 0. The first-order valence-corrected chi connectivity index (χ1v) is 13.3. The maximum Gasteiger partial charge on any atom is 0.135 e. The molecule has 0 aliphatic heterocycles. The number of rotatable bonds is 2. The van der Waals surface area contributed by atoms with Gasteiger partial charge in [-0.3, -0.25) is 0 Å². The van der Waals surface area contributed by atoms with Gasteiger partial charge in [-0.25, -0.2) is 0 Å². The molecule has 0 unspecified atom stereocenters. The van der Waals surface area contributed by atoms with E-state index in [0.29, 0.717) is 0 Å². The molecule has 0 atom stereocenters. The first kappa shape index (κ1) is 20.7. The Morgan fingerprint density at radius 1 is 0.333 bits per heavy atom. The van der Waals surface area contributed by atoms with Gasteiger partial charge < -0.3 is 13.6 Å². The predicted octanol–water partition coefficient (Wildman–Crippen LogP) is 9.78. The van der Waals surface area contributed by atoms with Crippen LogP contribution in [0, 0.1) is 0 Å². The maximum absolute atomic E-state index is 6.14. The number of nitrogens with zero attached hydrogens (tertiary/aromatic N) is 2. The van der Waals surface area contributed by atoms with Crippen molar-refractivity contribution in [3.63, 3.8) is 0 Å². The van der Waals surface area contributed by atoms with Gasteiger partial charge in [0.1, 0.15) is 11.2 Å². The number of para-hydroxylation sites is 4. The highest BCUT2D eigenvalue weighted by Gasteiger charge is 2.17. The summed E-state index contributed by atoms with van der Waals surface area (Å²) < 4.78 is 10.9. The van der Waals surface area contributed by atoms with Gasteiger partial charge in [-0.05, 0) is 54.6 Å². The highest BCUT2D eigenvalue weighted by Crippen LogP contribution is 2.38. The molecule has 0 amide bonds. The Labute approximate surface area is 223 Å². The molecule has 0 saturated heterocycles. The molecule has 0 bridgehead atoms. The van der Waals surface area contributed by atoms with Gasteiger partial charge in [-0.2, -0.15) is 0 Å². The minimum atomic E-state index is 0.909. The molecule has 0 aliphatic rings. The lowest BCUT2D eigenvalue weighted by molar-refractivity contribution is 0.669. The van der Waals surface area contributed by atoms with Gasteiger partial charge >= 0.3 is 0 Å². The van der Waals surface area contributed by atoms with Crippen molar-refractivity contribution in [2.75, 3.05) is 0 Å². The smallest absolute Gasteiger partial charge is 0.135 e. The fourth-order valence-corrected chi connectivity index (χ4v) is 6.43. The SMILES string of the molecule is c1ccc2c(c1)oc1ccc(-n3c4ccccc4c4ccc(-n5c6ccccc6c6ccccc65)cc43)cc12. The number of aromatic nitrogens is 2. The first-order valence-electron chi connectivity index (χ1n) is 13.3. The zero-order valence-electron chi connectivity index (χ0n) is 21.0. The molecule has 0 N–H and O–H groups in total. The number of hydrogen-bond acceptors (Lipinski definition) is 1. The minimum Gasteiger partial charge on any atom is -0.456 e. The topological polar surface area (TPSA) is 23.0 Å². The lowest BCUT2D eigenvalue weighted by atomic mass is 10.1. The molecule has 3 heterocycles. The minimum absolute atomic E-state index is 0.909. The third-order valence-corrected chi connectivity index (χ3v) is 8.11. The Hall–Kier alpha value is -5.28. The second-order valence-corrected chi connectivity index (χ2v) is 10.2. The van der Waals surface area contributed by atoms with Crippen molar-refractivity contribution in [3.05, 3.63) is 133 Å². The summed E-state index contributed by atoms with van der Waals surface area (Å²) >= 11 is 0. The zero-order valence-corrected chi connectivity index (χ0v) is 21.0. The van der Waals surface area contributed by atoms with E-state index in [4.69, 9.17) is 4.42 Å². The second-order valence-electron chi connectivity index (χ2n) is 10.2. The monoisotopic (exact) mass is 498 g/mol. The zero-order chi connectivity index (χ0) is 25.5. The second kappa shape index (κ2) is 7.62. The van der Waals surface area contributed by atoms with Crippen LogP contribution in [-0.4, -0.2) is 9.13 Å². The van der Waals surface area contributed by atoms with Crippen molar-refractivity contribution < 1.29 is 4.42 Å². The standard InChI is InChI=1S/C36H22N2O/c1-5-13-31-25(9-1)26-10-2-6-14-32(26)37(31)24-17-19-28-27-11-3-7-15-33(27)38(34(28)22-24)23-18-20-36-30(21-23)29-12-4-8-16-35(29)39-36/h1-22H. The third-order valence-electron chi connectivity index (χ3n) is 8.11. The first-order chi connectivity index (χ1) is 19.3. The van der Waals surface area contributed by atoms with Crippen molar-refractivity contribution in [1.29, 1.82) is 0 Å². The normalized spacial score (nSPS) is 12.1. The Bertz CT molecular complexity index is 2350. The van der Waals surface area contributed by atoms with E-state index in [9.17, 15) is 0 Å². The summed E-state index contributed by atoms with van der Waals surface area (Å²) in [6.07, 6.45) is 0. The van der Waals surface area contributed by atoms with E-state index < -0.39 is 0 Å². The van der Waals surface area contributed by atoms with Crippen LogP contribution in [0.1, 0.15) is 0 Å². The quantitative estimate of drug-likeness (QED) is 0.233. The fraction of sp³-hybridized carbons (Fsp3) is 0. The lowest BCUT2D eigenvalue weighted by Gasteiger charge is -2.11. The summed E-state index contributed by atoms with van der Waals surface area (Å²) in [5.74, 6) is 0. The molecule has 0 aliphatic carbocycles. The summed E-state index contributed by atoms with van der Waals surface area (Å²) in [6, 6.07) is 47.7. The van der Waals surface area contributed by atoms with Crippen LogP contribution in [0.25, 0.3) is 76.9 Å². The summed E-state index contributed by atoms with van der Waals surface area (Å²) in [5, 5.41) is 7.30. The lowest BCUT2D eigenvalue weighted by Crippen LogP contribution is -1.97. The molecule has 3 heteroatoms. The van der Waals surface area contributed by atoms with Crippen LogP contribution < -0.4 is 0 Å². The van der Waals surface area contributed by atoms with E-state index in [1.54, 1.807) is 0 Å². The highest BCUT2D eigenvalue weighted by molar-refractivity contribution is 6.12. The van der Waals surface area contributed by atoms with Gasteiger partial charge in [-0.1, -0.05) is 78.9 Å². The van der Waals surface area contributed by atoms with Gasteiger partial charge in [0.2, 0.25) is 0 Å². The van der Waals surface area contributed by atoms with Gasteiger partial charge in [0, 0.05) is 43.7 Å². The van der Waals surface area contributed by atoms with Crippen LogP contribution in [0.15, 0.2) is 138 Å². The largest absolute Gasteiger partial charge is 0.456 e. The number of benzene rings is 6. The molecule has 182 valence electrons. The molecule has 0 radical (unpaired) electrons. The maximum atomic E-state index is 6.14. The molecule has 9 aromatic rings. The van der Waals surface area contributed by atoms with Crippen LogP contribution >= 0.6 is 0 Å². The molecule has 0 fully saturated rings. The molecule has 0 spiro atoms. The molecular weight excluding hydrogens is 476 g/mol. The number of hydrogen-bond donors (Lipinski definition) is 0. The molecule has 39 heavy (non-hydrogen) atoms. The third kappa shape index (κ3) is 2.82. The number of furan rings is 1. The van der Waals surface area contributed by atoms with Crippen LogP contribution in [-0.2, 0) is 0 Å². The molecule has 0 saturated carbocycles. The van der Waals surface area contributed by atoms with Crippen molar-refractivity contribution in [3.8, 4) is 11.4 Å². The predicted molar refractivity (Wildman–Crippen MR) is 162 cm³/mol. The Kier molecular flexibility index (Phi) is 4.05. The Balaban J connectivity index is 1.38. The fourth-order valence-electron chi connectivity index (χ4n) is 6.43.